The molecule has 2 N–H and O–H groups in total. The summed E-state index contributed by atoms with van der Waals surface area (Å²) in [4.78, 5) is 7.29. The highest BCUT2D eigenvalue weighted by Crippen LogP contribution is 2.25. The predicted molar refractivity (Wildman–Crippen MR) is 123 cm³/mol. The molecule has 1 fully saturated rings. The second kappa shape index (κ2) is 10.9. The van der Waals surface area contributed by atoms with Crippen LogP contribution in [0.5, 0.6) is 0 Å². The fourth-order valence-corrected chi connectivity index (χ4v) is 3.98. The first-order chi connectivity index (χ1) is 15.7. The smallest absolute Gasteiger partial charge is 0.191 e. The second-order valence-corrected chi connectivity index (χ2v) is 7.90. The third-order valence-corrected chi connectivity index (χ3v) is 5.63. The van der Waals surface area contributed by atoms with Gasteiger partial charge in [0.1, 0.15) is 11.6 Å². The van der Waals surface area contributed by atoms with Crippen molar-refractivity contribution in [2.75, 3.05) is 32.7 Å². The van der Waals surface area contributed by atoms with Gasteiger partial charge < -0.3 is 15.1 Å². The molecule has 1 aliphatic heterocycles. The molecule has 1 saturated heterocycles. The molecule has 0 saturated carbocycles. The van der Waals surface area contributed by atoms with Gasteiger partial charge in [0, 0.05) is 25.7 Å². The van der Waals surface area contributed by atoms with Crippen molar-refractivity contribution in [2.45, 2.75) is 32.2 Å². The summed E-state index contributed by atoms with van der Waals surface area (Å²) < 4.78 is 20.6. The molecular formula is C24H31FN6O. The number of guanidine groups is 1. The lowest BCUT2D eigenvalue weighted by molar-refractivity contribution is 0.221. The molecule has 0 aliphatic carbocycles. The number of nitrogens with zero attached hydrogens (tertiary/aromatic N) is 4. The van der Waals surface area contributed by atoms with Crippen molar-refractivity contribution in [3.63, 3.8) is 0 Å². The number of nitrogens with one attached hydrogen (secondary N) is 2. The Morgan fingerprint density at radius 2 is 1.97 bits per heavy atom. The summed E-state index contributed by atoms with van der Waals surface area (Å²) in [5.41, 5.74) is 1.80. The Bertz CT molecular complexity index is 976. The summed E-state index contributed by atoms with van der Waals surface area (Å²) in [6.45, 7) is 6.37. The molecule has 0 bridgehead atoms. The van der Waals surface area contributed by atoms with Gasteiger partial charge in [0.25, 0.3) is 0 Å². The number of hydrogen-bond donors (Lipinski definition) is 2. The van der Waals surface area contributed by atoms with Crippen LogP contribution in [0, 0.1) is 5.82 Å². The summed E-state index contributed by atoms with van der Waals surface area (Å²) in [5.74, 6) is 1.51. The fourth-order valence-electron chi connectivity index (χ4n) is 3.98. The highest BCUT2D eigenvalue weighted by molar-refractivity contribution is 5.79. The number of aromatic nitrogens is 2. The quantitative estimate of drug-likeness (QED) is 0.395. The topological polar surface area (TPSA) is 70.6 Å². The molecule has 32 heavy (non-hydrogen) atoms. The van der Waals surface area contributed by atoms with Gasteiger partial charge in [-0.25, -0.2) is 9.07 Å². The molecule has 1 atom stereocenters. The van der Waals surface area contributed by atoms with E-state index in [1.807, 2.05) is 24.4 Å². The molecule has 0 radical (unpaired) electrons. The molecule has 0 spiro atoms. The van der Waals surface area contributed by atoms with Crippen molar-refractivity contribution in [3.05, 3.63) is 72.2 Å². The Morgan fingerprint density at radius 3 is 2.69 bits per heavy atom. The van der Waals surface area contributed by atoms with E-state index in [0.29, 0.717) is 13.1 Å². The van der Waals surface area contributed by atoms with Gasteiger partial charge in [-0.2, -0.15) is 5.10 Å². The minimum atomic E-state index is -0.250. The molecule has 7 nitrogen and oxygen atoms in total. The summed E-state index contributed by atoms with van der Waals surface area (Å²) in [6.07, 6.45) is 6.84. The third-order valence-electron chi connectivity index (χ3n) is 5.63. The lowest BCUT2D eigenvalue weighted by Gasteiger charge is -2.24. The Balaban J connectivity index is 1.34. The molecule has 3 aromatic rings. The zero-order chi connectivity index (χ0) is 22.2. The van der Waals surface area contributed by atoms with Crippen LogP contribution in [0.3, 0.4) is 0 Å². The highest BCUT2D eigenvalue weighted by atomic mass is 19.1. The molecule has 1 aromatic carbocycles. The van der Waals surface area contributed by atoms with Crippen LogP contribution >= 0.6 is 0 Å². The summed E-state index contributed by atoms with van der Waals surface area (Å²) >= 11 is 0. The van der Waals surface area contributed by atoms with Crippen molar-refractivity contribution >= 4 is 5.96 Å². The van der Waals surface area contributed by atoms with E-state index >= 15 is 0 Å². The molecular weight excluding hydrogens is 407 g/mol. The van der Waals surface area contributed by atoms with Crippen molar-refractivity contribution in [1.82, 2.24) is 25.3 Å². The van der Waals surface area contributed by atoms with Crippen LogP contribution in [0.25, 0.3) is 5.69 Å². The Labute approximate surface area is 188 Å². The van der Waals surface area contributed by atoms with Crippen LogP contribution in [0.15, 0.2) is 64.3 Å². The standard InChI is InChI=1S/C24H31FN6O/c1-2-26-24(28-18-22(23-6-5-17-32-23)30-14-3-4-15-30)27-13-11-20-12-16-31(29-20)21-9-7-19(25)8-10-21/h5-10,12,16-17,22H,2-4,11,13-15,18H2,1H3,(H2,26,27,28). The lowest BCUT2D eigenvalue weighted by Crippen LogP contribution is -2.39. The number of hydrogen-bond acceptors (Lipinski definition) is 4. The van der Waals surface area contributed by atoms with E-state index in [9.17, 15) is 4.39 Å². The number of halogens is 1. The van der Waals surface area contributed by atoms with Crippen molar-refractivity contribution in [3.8, 4) is 5.69 Å². The van der Waals surface area contributed by atoms with Crippen LogP contribution in [0.4, 0.5) is 4.39 Å². The van der Waals surface area contributed by atoms with E-state index < -0.39 is 0 Å². The first-order valence-electron chi connectivity index (χ1n) is 11.3. The minimum Gasteiger partial charge on any atom is -0.468 e. The Kier molecular flexibility index (Phi) is 7.55. The highest BCUT2D eigenvalue weighted by Gasteiger charge is 2.25. The van der Waals surface area contributed by atoms with Gasteiger partial charge in [-0.1, -0.05) is 0 Å². The maximum atomic E-state index is 13.1. The van der Waals surface area contributed by atoms with Gasteiger partial charge in [-0.3, -0.25) is 9.89 Å². The molecule has 3 heterocycles. The SMILES string of the molecule is CCNC(=NCC(c1ccco1)N1CCCC1)NCCc1ccn(-c2ccc(F)cc2)n1. The normalized spacial score (nSPS) is 15.8. The molecule has 1 unspecified atom stereocenters. The Morgan fingerprint density at radius 1 is 1.16 bits per heavy atom. The van der Waals surface area contributed by atoms with Gasteiger partial charge in [-0.15, -0.1) is 0 Å². The number of furan rings is 1. The van der Waals surface area contributed by atoms with Crippen molar-refractivity contribution in [2.24, 2.45) is 4.99 Å². The van der Waals surface area contributed by atoms with Crippen LogP contribution in [-0.4, -0.2) is 53.4 Å². The van der Waals surface area contributed by atoms with Crippen LogP contribution < -0.4 is 10.6 Å². The molecule has 8 heteroatoms. The zero-order valence-corrected chi connectivity index (χ0v) is 18.5. The lowest BCUT2D eigenvalue weighted by atomic mass is 10.2. The molecule has 0 amide bonds. The first-order valence-corrected chi connectivity index (χ1v) is 11.3. The van der Waals surface area contributed by atoms with Gasteiger partial charge in [0.2, 0.25) is 0 Å². The van der Waals surface area contributed by atoms with E-state index in [1.165, 1.54) is 25.0 Å². The minimum absolute atomic E-state index is 0.161. The van der Waals surface area contributed by atoms with E-state index in [2.05, 4.69) is 27.6 Å². The molecule has 4 rings (SSSR count). The molecule has 1 aliphatic rings. The molecule has 2 aromatic heterocycles. The number of rotatable bonds is 9. The van der Waals surface area contributed by atoms with E-state index in [1.54, 1.807) is 23.1 Å². The average Bonchev–Trinajstić information content (AvgIpc) is 3.58. The monoisotopic (exact) mass is 438 g/mol. The Hall–Kier alpha value is -3.13. The van der Waals surface area contributed by atoms with E-state index in [4.69, 9.17) is 9.41 Å². The largest absolute Gasteiger partial charge is 0.468 e. The van der Waals surface area contributed by atoms with Gasteiger partial charge >= 0.3 is 0 Å². The second-order valence-electron chi connectivity index (χ2n) is 7.90. The summed E-state index contributed by atoms with van der Waals surface area (Å²) in [6, 6.07) is 12.4. The van der Waals surface area contributed by atoms with Crippen LogP contribution in [-0.2, 0) is 6.42 Å². The molecule has 170 valence electrons. The fraction of sp³-hybridized carbons (Fsp3) is 0.417. The average molecular weight is 439 g/mol. The first kappa shape index (κ1) is 22.1. The van der Waals surface area contributed by atoms with Crippen molar-refractivity contribution in [1.29, 1.82) is 0 Å². The predicted octanol–water partition coefficient (Wildman–Crippen LogP) is 3.54. The number of aliphatic imine (C=N–C) groups is 1. The van der Waals surface area contributed by atoms with E-state index in [0.717, 1.165) is 49.2 Å². The summed E-state index contributed by atoms with van der Waals surface area (Å²) in [7, 11) is 0. The van der Waals surface area contributed by atoms with Gasteiger partial charge in [0.15, 0.2) is 5.96 Å². The maximum absolute atomic E-state index is 13.1. The van der Waals surface area contributed by atoms with Crippen LogP contribution in [0.1, 0.15) is 37.3 Å². The van der Waals surface area contributed by atoms with E-state index in [-0.39, 0.29) is 11.9 Å². The number of benzene rings is 1. The third kappa shape index (κ3) is 5.76. The number of likely N-dealkylation sites (tertiary alicyclic amines) is 1. The van der Waals surface area contributed by atoms with Gasteiger partial charge in [0.05, 0.1) is 30.2 Å². The summed E-state index contributed by atoms with van der Waals surface area (Å²) in [5, 5.41) is 11.3. The van der Waals surface area contributed by atoms with Crippen molar-refractivity contribution < 1.29 is 8.81 Å². The maximum Gasteiger partial charge on any atom is 0.191 e. The van der Waals surface area contributed by atoms with Crippen LogP contribution in [0.2, 0.25) is 0 Å². The van der Waals surface area contributed by atoms with Gasteiger partial charge in [-0.05, 0) is 75.3 Å². The zero-order valence-electron chi connectivity index (χ0n) is 18.5.